The lowest BCUT2D eigenvalue weighted by molar-refractivity contribution is 0.617. The second-order valence-corrected chi connectivity index (χ2v) is 5.12. The standard InChI is InChI=1S/C12H16FNS/c1-9-11(13)5-2-6-12(9)14-10-4-3-7-15-8-10/h2,5-6,10,14H,3-4,7-8H2,1H3/t10-/m1/s1. The molecule has 0 bridgehead atoms. The van der Waals surface area contributed by atoms with Crippen LogP contribution in [0.1, 0.15) is 18.4 Å². The molecule has 1 nitrogen and oxygen atoms in total. The second kappa shape index (κ2) is 4.88. The van der Waals surface area contributed by atoms with Crippen LogP contribution in [-0.2, 0) is 0 Å². The third-order valence-corrected chi connectivity index (χ3v) is 4.00. The van der Waals surface area contributed by atoms with Crippen LogP contribution in [0, 0.1) is 12.7 Å². The molecule has 2 rings (SSSR count). The zero-order chi connectivity index (χ0) is 10.7. The van der Waals surface area contributed by atoms with Gasteiger partial charge in [-0.25, -0.2) is 4.39 Å². The number of thioether (sulfide) groups is 1. The first-order chi connectivity index (χ1) is 7.27. The van der Waals surface area contributed by atoms with Crippen LogP contribution in [0.15, 0.2) is 18.2 Å². The molecule has 1 aliphatic heterocycles. The van der Waals surface area contributed by atoms with Crippen molar-refractivity contribution in [2.24, 2.45) is 0 Å². The van der Waals surface area contributed by atoms with Gasteiger partial charge >= 0.3 is 0 Å². The number of halogens is 1. The highest BCUT2D eigenvalue weighted by atomic mass is 32.2. The molecule has 1 N–H and O–H groups in total. The summed E-state index contributed by atoms with van der Waals surface area (Å²) in [5, 5.41) is 3.43. The van der Waals surface area contributed by atoms with Crippen LogP contribution < -0.4 is 5.32 Å². The molecule has 1 saturated heterocycles. The van der Waals surface area contributed by atoms with Crippen LogP contribution in [0.4, 0.5) is 10.1 Å². The van der Waals surface area contributed by atoms with Crippen molar-refractivity contribution < 1.29 is 4.39 Å². The molecule has 15 heavy (non-hydrogen) atoms. The first-order valence-corrected chi connectivity index (χ1v) is 6.52. The molecule has 0 radical (unpaired) electrons. The molecule has 1 heterocycles. The van der Waals surface area contributed by atoms with E-state index in [1.165, 1.54) is 24.7 Å². The van der Waals surface area contributed by atoms with Crippen molar-refractivity contribution in [1.82, 2.24) is 0 Å². The summed E-state index contributed by atoms with van der Waals surface area (Å²) < 4.78 is 13.3. The number of anilines is 1. The fourth-order valence-corrected chi connectivity index (χ4v) is 2.91. The van der Waals surface area contributed by atoms with E-state index in [1.54, 1.807) is 6.07 Å². The molecule has 0 amide bonds. The van der Waals surface area contributed by atoms with Gasteiger partial charge in [0.1, 0.15) is 5.82 Å². The molecule has 82 valence electrons. The third-order valence-electron chi connectivity index (χ3n) is 2.79. The Morgan fingerprint density at radius 3 is 3.07 bits per heavy atom. The number of benzene rings is 1. The predicted molar refractivity (Wildman–Crippen MR) is 65.1 cm³/mol. The molecule has 3 heteroatoms. The lowest BCUT2D eigenvalue weighted by Crippen LogP contribution is -2.26. The first kappa shape index (κ1) is 10.8. The van der Waals surface area contributed by atoms with E-state index in [9.17, 15) is 4.39 Å². The van der Waals surface area contributed by atoms with Gasteiger partial charge < -0.3 is 5.32 Å². The normalized spacial score (nSPS) is 21.3. The topological polar surface area (TPSA) is 12.0 Å². The average molecular weight is 225 g/mol. The Kier molecular flexibility index (Phi) is 3.52. The van der Waals surface area contributed by atoms with E-state index in [2.05, 4.69) is 5.32 Å². The monoisotopic (exact) mass is 225 g/mol. The smallest absolute Gasteiger partial charge is 0.128 e. The van der Waals surface area contributed by atoms with Crippen LogP contribution in [0.2, 0.25) is 0 Å². The van der Waals surface area contributed by atoms with Gasteiger partial charge in [0.05, 0.1) is 0 Å². The van der Waals surface area contributed by atoms with Gasteiger partial charge in [0.25, 0.3) is 0 Å². The van der Waals surface area contributed by atoms with Crippen molar-refractivity contribution in [2.45, 2.75) is 25.8 Å². The minimum Gasteiger partial charge on any atom is -0.381 e. The Balaban J connectivity index is 2.06. The molecule has 0 aromatic heterocycles. The molecule has 1 atom stereocenters. The fraction of sp³-hybridized carbons (Fsp3) is 0.500. The van der Waals surface area contributed by atoms with Crippen LogP contribution in [0.3, 0.4) is 0 Å². The maximum atomic E-state index is 13.3. The Labute approximate surface area is 94.5 Å². The Morgan fingerprint density at radius 2 is 2.33 bits per heavy atom. The third kappa shape index (κ3) is 2.65. The summed E-state index contributed by atoms with van der Waals surface area (Å²) in [5.74, 6) is 2.28. The van der Waals surface area contributed by atoms with Crippen molar-refractivity contribution >= 4 is 17.4 Å². The Morgan fingerprint density at radius 1 is 1.47 bits per heavy atom. The van der Waals surface area contributed by atoms with Crippen LogP contribution in [0.5, 0.6) is 0 Å². The lowest BCUT2D eigenvalue weighted by atomic mass is 10.1. The van der Waals surface area contributed by atoms with Gasteiger partial charge in [0.15, 0.2) is 0 Å². The minimum absolute atomic E-state index is 0.122. The number of rotatable bonds is 2. The maximum Gasteiger partial charge on any atom is 0.128 e. The largest absolute Gasteiger partial charge is 0.381 e. The van der Waals surface area contributed by atoms with E-state index >= 15 is 0 Å². The van der Waals surface area contributed by atoms with E-state index < -0.39 is 0 Å². The zero-order valence-electron chi connectivity index (χ0n) is 8.92. The summed E-state index contributed by atoms with van der Waals surface area (Å²) >= 11 is 1.98. The highest BCUT2D eigenvalue weighted by Crippen LogP contribution is 2.23. The minimum atomic E-state index is -0.122. The Bertz CT molecular complexity index is 334. The molecule has 1 fully saturated rings. The van der Waals surface area contributed by atoms with Gasteiger partial charge in [-0.2, -0.15) is 11.8 Å². The van der Waals surface area contributed by atoms with Gasteiger partial charge in [-0.1, -0.05) is 6.07 Å². The summed E-state index contributed by atoms with van der Waals surface area (Å²) in [7, 11) is 0. The Hall–Kier alpha value is -0.700. The average Bonchev–Trinajstić information content (AvgIpc) is 2.26. The van der Waals surface area contributed by atoms with E-state index in [1.807, 2.05) is 24.8 Å². The second-order valence-electron chi connectivity index (χ2n) is 3.97. The molecule has 0 aliphatic carbocycles. The first-order valence-electron chi connectivity index (χ1n) is 5.37. The van der Waals surface area contributed by atoms with Gasteiger partial charge in [0, 0.05) is 23.0 Å². The van der Waals surface area contributed by atoms with Gasteiger partial charge in [-0.05, 0) is 37.7 Å². The number of hydrogen-bond donors (Lipinski definition) is 1. The van der Waals surface area contributed by atoms with E-state index in [0.717, 1.165) is 17.0 Å². The van der Waals surface area contributed by atoms with E-state index in [0.29, 0.717) is 6.04 Å². The van der Waals surface area contributed by atoms with E-state index in [4.69, 9.17) is 0 Å². The van der Waals surface area contributed by atoms with Crippen LogP contribution >= 0.6 is 11.8 Å². The molecule has 1 aromatic rings. The van der Waals surface area contributed by atoms with E-state index in [-0.39, 0.29) is 5.82 Å². The molecule has 0 unspecified atom stereocenters. The summed E-state index contributed by atoms with van der Waals surface area (Å²) in [4.78, 5) is 0. The van der Waals surface area contributed by atoms with Crippen LogP contribution in [-0.4, -0.2) is 17.5 Å². The van der Waals surface area contributed by atoms with Crippen molar-refractivity contribution in [1.29, 1.82) is 0 Å². The lowest BCUT2D eigenvalue weighted by Gasteiger charge is -2.24. The molecule has 1 aromatic carbocycles. The molecular formula is C12H16FNS. The molecule has 0 spiro atoms. The van der Waals surface area contributed by atoms with Crippen LogP contribution in [0.25, 0.3) is 0 Å². The van der Waals surface area contributed by atoms with Crippen molar-refractivity contribution in [3.05, 3.63) is 29.6 Å². The van der Waals surface area contributed by atoms with Gasteiger partial charge in [-0.15, -0.1) is 0 Å². The molecule has 0 saturated carbocycles. The molecule has 1 aliphatic rings. The summed E-state index contributed by atoms with van der Waals surface area (Å²) in [5.41, 5.74) is 1.68. The SMILES string of the molecule is Cc1c(F)cccc1N[C@@H]1CCCSC1. The highest BCUT2D eigenvalue weighted by Gasteiger charge is 2.14. The molecular weight excluding hydrogens is 209 g/mol. The van der Waals surface area contributed by atoms with Crippen molar-refractivity contribution in [3.8, 4) is 0 Å². The fourth-order valence-electron chi connectivity index (χ4n) is 1.84. The van der Waals surface area contributed by atoms with Crippen molar-refractivity contribution in [2.75, 3.05) is 16.8 Å². The quantitative estimate of drug-likeness (QED) is 0.827. The summed E-state index contributed by atoms with van der Waals surface area (Å²) in [6.07, 6.45) is 2.46. The maximum absolute atomic E-state index is 13.3. The summed E-state index contributed by atoms with van der Waals surface area (Å²) in [6.45, 7) is 1.83. The van der Waals surface area contributed by atoms with Gasteiger partial charge in [0.2, 0.25) is 0 Å². The summed E-state index contributed by atoms with van der Waals surface area (Å²) in [6, 6.07) is 5.73. The highest BCUT2D eigenvalue weighted by molar-refractivity contribution is 7.99. The zero-order valence-corrected chi connectivity index (χ0v) is 9.74. The predicted octanol–water partition coefficient (Wildman–Crippen LogP) is 3.44. The van der Waals surface area contributed by atoms with Crippen molar-refractivity contribution in [3.63, 3.8) is 0 Å². The van der Waals surface area contributed by atoms with Gasteiger partial charge in [-0.3, -0.25) is 0 Å². The number of hydrogen-bond acceptors (Lipinski definition) is 2. The number of nitrogens with one attached hydrogen (secondary N) is 1.